The van der Waals surface area contributed by atoms with Gasteiger partial charge < -0.3 is 4.74 Å². The summed E-state index contributed by atoms with van der Waals surface area (Å²) in [6.45, 7) is 9.03. The van der Waals surface area contributed by atoms with Crippen molar-refractivity contribution in [2.75, 3.05) is 6.61 Å². The highest BCUT2D eigenvalue weighted by Crippen LogP contribution is 2.24. The summed E-state index contributed by atoms with van der Waals surface area (Å²) in [7, 11) is 0. The second kappa shape index (κ2) is 6.44. The minimum absolute atomic E-state index is 0.157. The highest BCUT2D eigenvalue weighted by atomic mass is 35.5. The zero-order chi connectivity index (χ0) is 15.5. The Labute approximate surface area is 131 Å². The Morgan fingerprint density at radius 3 is 2.33 bits per heavy atom. The molecule has 1 aromatic heterocycles. The minimum Gasteiger partial charge on any atom is -0.493 e. The molecule has 2 rings (SSSR count). The predicted molar refractivity (Wildman–Crippen MR) is 86.1 cm³/mol. The van der Waals surface area contributed by atoms with Crippen LogP contribution in [0.3, 0.4) is 0 Å². The fourth-order valence-electron chi connectivity index (χ4n) is 2.01. The summed E-state index contributed by atoms with van der Waals surface area (Å²) in [5, 5.41) is 0.479. The Hall–Kier alpha value is -1.61. The number of aromatic nitrogens is 2. The maximum atomic E-state index is 5.91. The van der Waals surface area contributed by atoms with Crippen LogP contribution in [0, 0.1) is 6.92 Å². The summed E-state index contributed by atoms with van der Waals surface area (Å²) in [5.41, 5.74) is 2.33. The van der Waals surface area contributed by atoms with Gasteiger partial charge in [-0.3, -0.25) is 0 Å². The number of hydrogen-bond donors (Lipinski definition) is 0. The summed E-state index contributed by atoms with van der Waals surface area (Å²) >= 11 is 5.91. The van der Waals surface area contributed by atoms with Crippen molar-refractivity contribution in [3.05, 3.63) is 52.6 Å². The van der Waals surface area contributed by atoms with Crippen LogP contribution in [0.1, 0.15) is 37.9 Å². The van der Waals surface area contributed by atoms with Crippen molar-refractivity contribution in [2.24, 2.45) is 0 Å². The predicted octanol–water partition coefficient (Wildman–Crippen LogP) is 4.36. The first-order valence-corrected chi connectivity index (χ1v) is 7.46. The van der Waals surface area contributed by atoms with Crippen LogP contribution in [0.5, 0.6) is 5.75 Å². The lowest BCUT2D eigenvalue weighted by atomic mass is 9.87. The smallest absolute Gasteiger partial charge is 0.133 e. The number of aryl methyl sites for hydroxylation is 1. The van der Waals surface area contributed by atoms with Crippen LogP contribution in [0.2, 0.25) is 5.15 Å². The molecule has 4 heteroatoms. The van der Waals surface area contributed by atoms with Crippen LogP contribution in [0.25, 0.3) is 0 Å². The molecule has 0 amide bonds. The maximum Gasteiger partial charge on any atom is 0.133 e. The van der Waals surface area contributed by atoms with Gasteiger partial charge in [0.15, 0.2) is 0 Å². The van der Waals surface area contributed by atoms with Crippen molar-refractivity contribution in [1.29, 1.82) is 0 Å². The van der Waals surface area contributed by atoms with E-state index in [1.807, 2.05) is 19.1 Å². The monoisotopic (exact) mass is 304 g/mol. The van der Waals surface area contributed by atoms with E-state index in [0.29, 0.717) is 24.0 Å². The quantitative estimate of drug-likeness (QED) is 0.787. The van der Waals surface area contributed by atoms with E-state index in [1.54, 1.807) is 6.07 Å². The molecule has 0 spiro atoms. The van der Waals surface area contributed by atoms with Gasteiger partial charge in [0.05, 0.1) is 6.61 Å². The number of ether oxygens (including phenoxy) is 1. The van der Waals surface area contributed by atoms with Gasteiger partial charge in [-0.1, -0.05) is 44.5 Å². The first-order chi connectivity index (χ1) is 9.84. The van der Waals surface area contributed by atoms with E-state index in [1.165, 1.54) is 5.56 Å². The van der Waals surface area contributed by atoms with Crippen molar-refractivity contribution < 1.29 is 4.74 Å². The van der Waals surface area contributed by atoms with Crippen molar-refractivity contribution in [2.45, 2.75) is 39.5 Å². The molecular weight excluding hydrogens is 284 g/mol. The van der Waals surface area contributed by atoms with Crippen molar-refractivity contribution >= 4 is 11.6 Å². The Bertz CT molecular complexity index is 583. The van der Waals surface area contributed by atoms with E-state index >= 15 is 0 Å². The zero-order valence-electron chi connectivity index (χ0n) is 13.0. The molecule has 3 nitrogen and oxygen atoms in total. The van der Waals surface area contributed by atoms with Crippen molar-refractivity contribution in [3.63, 3.8) is 0 Å². The molecule has 1 heterocycles. The molecular formula is C17H21ClN2O. The van der Waals surface area contributed by atoms with Crippen LogP contribution in [0.15, 0.2) is 30.3 Å². The first kappa shape index (κ1) is 15.8. The fourth-order valence-corrected chi connectivity index (χ4v) is 2.27. The summed E-state index contributed by atoms with van der Waals surface area (Å²) in [4.78, 5) is 8.52. The SMILES string of the molecule is Cc1cc(Cl)nc(CCOc2ccc(C(C)(C)C)cc2)n1. The van der Waals surface area contributed by atoms with Gasteiger partial charge in [0.2, 0.25) is 0 Å². The molecule has 0 unspecified atom stereocenters. The van der Waals surface area contributed by atoms with Gasteiger partial charge in [-0.25, -0.2) is 9.97 Å². The average molecular weight is 305 g/mol. The minimum atomic E-state index is 0.157. The highest BCUT2D eigenvalue weighted by Gasteiger charge is 2.12. The van der Waals surface area contributed by atoms with Crippen LogP contribution >= 0.6 is 11.6 Å². The summed E-state index contributed by atoms with van der Waals surface area (Å²) in [5.74, 6) is 1.58. The fraction of sp³-hybridized carbons (Fsp3) is 0.412. The Morgan fingerprint density at radius 2 is 1.76 bits per heavy atom. The zero-order valence-corrected chi connectivity index (χ0v) is 13.7. The lowest BCUT2D eigenvalue weighted by Gasteiger charge is -2.19. The number of benzene rings is 1. The van der Waals surface area contributed by atoms with Gasteiger partial charge in [0, 0.05) is 12.1 Å². The summed E-state index contributed by atoms with van der Waals surface area (Å²) in [6, 6.07) is 9.97. The Kier molecular flexibility index (Phi) is 4.84. The standard InChI is InChI=1S/C17H21ClN2O/c1-12-11-15(18)20-16(19-12)9-10-21-14-7-5-13(6-8-14)17(2,3)4/h5-8,11H,9-10H2,1-4H3. The van der Waals surface area contributed by atoms with Gasteiger partial charge in [0.25, 0.3) is 0 Å². The van der Waals surface area contributed by atoms with Crippen LogP contribution in [0.4, 0.5) is 0 Å². The first-order valence-electron chi connectivity index (χ1n) is 7.08. The van der Waals surface area contributed by atoms with E-state index in [9.17, 15) is 0 Å². The third-order valence-electron chi connectivity index (χ3n) is 3.18. The molecule has 0 N–H and O–H groups in total. The summed E-state index contributed by atoms with van der Waals surface area (Å²) in [6.07, 6.45) is 0.641. The number of nitrogens with zero attached hydrogens (tertiary/aromatic N) is 2. The second-order valence-electron chi connectivity index (χ2n) is 6.12. The van der Waals surface area contributed by atoms with E-state index in [4.69, 9.17) is 16.3 Å². The molecule has 1 aromatic carbocycles. The third kappa shape index (κ3) is 4.71. The normalized spacial score (nSPS) is 11.5. The van der Waals surface area contributed by atoms with Crippen molar-refractivity contribution in [1.82, 2.24) is 9.97 Å². The molecule has 112 valence electrons. The van der Waals surface area contributed by atoms with Gasteiger partial charge in [0.1, 0.15) is 16.7 Å². The average Bonchev–Trinajstić information content (AvgIpc) is 2.37. The molecule has 21 heavy (non-hydrogen) atoms. The van der Waals surface area contributed by atoms with Gasteiger partial charge in [-0.05, 0) is 36.1 Å². The van der Waals surface area contributed by atoms with Gasteiger partial charge in [-0.2, -0.15) is 0 Å². The molecule has 0 saturated carbocycles. The number of halogens is 1. The second-order valence-corrected chi connectivity index (χ2v) is 6.51. The molecule has 0 aliphatic heterocycles. The maximum absolute atomic E-state index is 5.91. The van der Waals surface area contributed by atoms with Crippen LogP contribution in [-0.2, 0) is 11.8 Å². The topological polar surface area (TPSA) is 35.0 Å². The molecule has 0 aliphatic carbocycles. The largest absolute Gasteiger partial charge is 0.493 e. The van der Waals surface area contributed by atoms with E-state index in [2.05, 4.69) is 42.9 Å². The summed E-state index contributed by atoms with van der Waals surface area (Å²) < 4.78 is 5.73. The van der Waals surface area contributed by atoms with Gasteiger partial charge >= 0.3 is 0 Å². The van der Waals surface area contributed by atoms with E-state index in [-0.39, 0.29) is 5.41 Å². The molecule has 0 bridgehead atoms. The molecule has 2 aromatic rings. The van der Waals surface area contributed by atoms with E-state index in [0.717, 1.165) is 11.4 Å². The van der Waals surface area contributed by atoms with E-state index < -0.39 is 0 Å². The van der Waals surface area contributed by atoms with Crippen LogP contribution < -0.4 is 4.74 Å². The number of rotatable bonds is 4. The Morgan fingerprint density at radius 1 is 1.10 bits per heavy atom. The molecule has 0 atom stereocenters. The molecule has 0 fully saturated rings. The number of hydrogen-bond acceptors (Lipinski definition) is 3. The van der Waals surface area contributed by atoms with Crippen LogP contribution in [-0.4, -0.2) is 16.6 Å². The lowest BCUT2D eigenvalue weighted by Crippen LogP contribution is -2.11. The highest BCUT2D eigenvalue weighted by molar-refractivity contribution is 6.29. The molecule has 0 saturated heterocycles. The van der Waals surface area contributed by atoms with Gasteiger partial charge in [-0.15, -0.1) is 0 Å². The third-order valence-corrected chi connectivity index (χ3v) is 3.38. The lowest BCUT2D eigenvalue weighted by molar-refractivity contribution is 0.318. The molecule has 0 radical (unpaired) electrons. The van der Waals surface area contributed by atoms with Crippen molar-refractivity contribution in [3.8, 4) is 5.75 Å². The molecule has 0 aliphatic rings. The Balaban J connectivity index is 1.91.